The Hall–Kier alpha value is -3.52. The lowest BCUT2D eigenvalue weighted by Gasteiger charge is -2.71. The van der Waals surface area contributed by atoms with Gasteiger partial charge in [-0.25, -0.2) is 0 Å². The van der Waals surface area contributed by atoms with Crippen molar-refractivity contribution in [1.82, 2.24) is 0 Å². The van der Waals surface area contributed by atoms with Crippen LogP contribution in [0.15, 0.2) is 119 Å². The summed E-state index contributed by atoms with van der Waals surface area (Å²) in [5.41, 5.74) is 7.78. The first-order valence-corrected chi connectivity index (χ1v) is 11.6. The van der Waals surface area contributed by atoms with E-state index in [1.165, 1.54) is 33.4 Å². The standard InChI is InChI=1S/C30H22N2/c1-3-11-19(12-4-1)29-25-21-15-7-9-17-23(21)27(25)30(32-31-29,20-13-5-2-6-14-20)28-24-18-10-8-16-22(24)26(28)29/h1-18,25-28H. The lowest BCUT2D eigenvalue weighted by molar-refractivity contribution is -0.00688. The highest BCUT2D eigenvalue weighted by atomic mass is 15.3. The van der Waals surface area contributed by atoms with E-state index in [4.69, 9.17) is 10.2 Å². The first-order chi connectivity index (χ1) is 15.9. The lowest BCUT2D eigenvalue weighted by atomic mass is 9.34. The minimum atomic E-state index is -0.337. The fourth-order valence-electron chi connectivity index (χ4n) is 7.69. The van der Waals surface area contributed by atoms with Gasteiger partial charge in [-0.1, -0.05) is 109 Å². The molecule has 4 unspecified atom stereocenters. The first-order valence-electron chi connectivity index (χ1n) is 11.6. The van der Waals surface area contributed by atoms with Crippen molar-refractivity contribution in [1.29, 1.82) is 0 Å². The molecule has 0 N–H and O–H groups in total. The van der Waals surface area contributed by atoms with Gasteiger partial charge in [0.25, 0.3) is 0 Å². The SMILES string of the molecule is c1ccc(C23N=NC(c4ccccc4)(C4c5ccccc5C42)C2c4ccccc4C23)cc1. The molecular formula is C30H22N2. The molecule has 2 nitrogen and oxygen atoms in total. The van der Waals surface area contributed by atoms with Gasteiger partial charge in [0.15, 0.2) is 0 Å². The molecule has 0 aromatic heterocycles. The summed E-state index contributed by atoms with van der Waals surface area (Å²) in [4.78, 5) is 0. The number of fused-ring (bicyclic) bond motifs is 2. The summed E-state index contributed by atoms with van der Waals surface area (Å²) in [6, 6.07) is 40.0. The molecule has 1 fully saturated rings. The van der Waals surface area contributed by atoms with Crippen molar-refractivity contribution in [2.24, 2.45) is 10.2 Å². The molecule has 2 heterocycles. The summed E-state index contributed by atoms with van der Waals surface area (Å²) >= 11 is 0. The van der Waals surface area contributed by atoms with Crippen molar-refractivity contribution < 1.29 is 0 Å². The Bertz CT molecular complexity index is 1240. The Kier molecular flexibility index (Phi) is 3.01. The Balaban J connectivity index is 1.51. The van der Waals surface area contributed by atoms with Gasteiger partial charge < -0.3 is 0 Å². The average molecular weight is 411 g/mol. The Morgan fingerprint density at radius 1 is 0.375 bits per heavy atom. The van der Waals surface area contributed by atoms with Crippen LogP contribution in [0.2, 0.25) is 0 Å². The second kappa shape index (κ2) is 5.63. The smallest absolute Gasteiger partial charge is 0.121 e. The van der Waals surface area contributed by atoms with Gasteiger partial charge in [0.2, 0.25) is 0 Å². The maximum absolute atomic E-state index is 5.34. The second-order valence-corrected chi connectivity index (χ2v) is 9.75. The third kappa shape index (κ3) is 1.67. The van der Waals surface area contributed by atoms with Crippen molar-refractivity contribution in [3.05, 3.63) is 143 Å². The van der Waals surface area contributed by atoms with Crippen LogP contribution >= 0.6 is 0 Å². The molecule has 4 atom stereocenters. The van der Waals surface area contributed by atoms with E-state index in [-0.39, 0.29) is 11.1 Å². The van der Waals surface area contributed by atoms with Crippen molar-refractivity contribution in [3.63, 3.8) is 0 Å². The van der Waals surface area contributed by atoms with Gasteiger partial charge in [0.1, 0.15) is 11.1 Å². The predicted molar refractivity (Wildman–Crippen MR) is 125 cm³/mol. The fraction of sp³-hybridized carbons (Fsp3) is 0.200. The van der Waals surface area contributed by atoms with Crippen LogP contribution in [0.4, 0.5) is 0 Å². The van der Waals surface area contributed by atoms with E-state index in [9.17, 15) is 0 Å². The second-order valence-electron chi connectivity index (χ2n) is 9.75. The number of hydrogen-bond donors (Lipinski definition) is 0. The Morgan fingerprint density at radius 2 is 0.656 bits per heavy atom. The molecule has 5 aliphatic rings. The quantitative estimate of drug-likeness (QED) is 0.339. The summed E-state index contributed by atoms with van der Waals surface area (Å²) in [6.07, 6.45) is 0. The summed E-state index contributed by atoms with van der Waals surface area (Å²) in [5.74, 6) is 1.36. The third-order valence-electron chi connectivity index (χ3n) is 8.75. The molecule has 4 aromatic rings. The van der Waals surface area contributed by atoms with E-state index in [0.29, 0.717) is 23.7 Å². The number of benzene rings is 4. The summed E-state index contributed by atoms with van der Waals surface area (Å²) in [6.45, 7) is 0. The van der Waals surface area contributed by atoms with Crippen LogP contribution in [-0.2, 0) is 11.1 Å². The van der Waals surface area contributed by atoms with E-state index in [0.717, 1.165) is 0 Å². The molecule has 0 spiro atoms. The zero-order chi connectivity index (χ0) is 20.9. The molecule has 0 radical (unpaired) electrons. The van der Waals surface area contributed by atoms with Gasteiger partial charge in [-0.15, -0.1) is 0 Å². The van der Waals surface area contributed by atoms with E-state index < -0.39 is 0 Å². The Labute approximate surface area is 187 Å². The van der Waals surface area contributed by atoms with Gasteiger partial charge in [-0.05, 0) is 33.4 Å². The van der Waals surface area contributed by atoms with Gasteiger partial charge in [-0.3, -0.25) is 0 Å². The normalized spacial score (nSPS) is 34.4. The van der Waals surface area contributed by atoms with Crippen LogP contribution < -0.4 is 0 Å². The average Bonchev–Trinajstić information content (AvgIpc) is 2.85. The monoisotopic (exact) mass is 410 g/mol. The first kappa shape index (κ1) is 17.1. The largest absolute Gasteiger partial charge is 0.180 e. The summed E-state index contributed by atoms with van der Waals surface area (Å²) in [7, 11) is 0. The van der Waals surface area contributed by atoms with Gasteiger partial charge in [0, 0.05) is 23.7 Å². The van der Waals surface area contributed by atoms with E-state index in [1.807, 2.05) is 0 Å². The minimum Gasteiger partial charge on any atom is -0.180 e. The highest BCUT2D eigenvalue weighted by Crippen LogP contribution is 2.82. The molecule has 152 valence electrons. The number of hydrogen-bond acceptors (Lipinski definition) is 2. The number of azo groups is 1. The summed E-state index contributed by atoms with van der Waals surface area (Å²) in [5, 5.41) is 10.7. The number of rotatable bonds is 2. The predicted octanol–water partition coefficient (Wildman–Crippen LogP) is 7.02. The van der Waals surface area contributed by atoms with Crippen LogP contribution in [0.3, 0.4) is 0 Å². The molecule has 0 saturated heterocycles. The number of nitrogens with zero attached hydrogens (tertiary/aromatic N) is 2. The third-order valence-corrected chi connectivity index (χ3v) is 8.75. The maximum Gasteiger partial charge on any atom is 0.121 e. The molecule has 2 bridgehead atoms. The zero-order valence-corrected chi connectivity index (χ0v) is 17.6. The Morgan fingerprint density at radius 3 is 0.969 bits per heavy atom. The molecule has 9 rings (SSSR count). The highest BCUT2D eigenvalue weighted by molar-refractivity contribution is 5.66. The minimum absolute atomic E-state index is 0.337. The highest BCUT2D eigenvalue weighted by Gasteiger charge is 2.77. The molecular weight excluding hydrogens is 388 g/mol. The van der Waals surface area contributed by atoms with Crippen LogP contribution in [0, 0.1) is 0 Å². The molecule has 2 heteroatoms. The van der Waals surface area contributed by atoms with Crippen LogP contribution in [0.5, 0.6) is 0 Å². The van der Waals surface area contributed by atoms with Crippen LogP contribution in [0.25, 0.3) is 0 Å². The van der Waals surface area contributed by atoms with Crippen molar-refractivity contribution in [2.45, 2.75) is 34.7 Å². The van der Waals surface area contributed by atoms with Gasteiger partial charge in [-0.2, -0.15) is 10.2 Å². The lowest BCUT2D eigenvalue weighted by Crippen LogP contribution is -2.66. The fourth-order valence-corrected chi connectivity index (χ4v) is 7.69. The van der Waals surface area contributed by atoms with E-state index in [1.54, 1.807) is 0 Å². The van der Waals surface area contributed by atoms with Crippen molar-refractivity contribution in [3.8, 4) is 0 Å². The van der Waals surface area contributed by atoms with Gasteiger partial charge >= 0.3 is 0 Å². The topological polar surface area (TPSA) is 24.7 Å². The van der Waals surface area contributed by atoms with Crippen molar-refractivity contribution >= 4 is 0 Å². The maximum atomic E-state index is 5.34. The van der Waals surface area contributed by atoms with Crippen LogP contribution in [-0.4, -0.2) is 0 Å². The van der Waals surface area contributed by atoms with E-state index >= 15 is 0 Å². The molecule has 2 aliphatic heterocycles. The van der Waals surface area contributed by atoms with E-state index in [2.05, 4.69) is 109 Å². The molecule has 1 saturated carbocycles. The molecule has 0 amide bonds. The van der Waals surface area contributed by atoms with Crippen molar-refractivity contribution in [2.75, 3.05) is 0 Å². The van der Waals surface area contributed by atoms with Crippen LogP contribution in [0.1, 0.15) is 57.1 Å². The molecule has 3 aliphatic carbocycles. The molecule has 32 heavy (non-hydrogen) atoms. The van der Waals surface area contributed by atoms with Gasteiger partial charge in [0.05, 0.1) is 0 Å². The zero-order valence-electron chi connectivity index (χ0n) is 17.6. The molecule has 4 aromatic carbocycles. The summed E-state index contributed by atoms with van der Waals surface area (Å²) < 4.78 is 0.